The molecule has 3 atom stereocenters. The van der Waals surface area contributed by atoms with Crippen LogP contribution in [0, 0.1) is 11.8 Å². The number of rotatable bonds is 3. The van der Waals surface area contributed by atoms with Gasteiger partial charge in [0.2, 0.25) is 6.43 Å². The first-order valence-electron chi connectivity index (χ1n) is 7.20. The van der Waals surface area contributed by atoms with Gasteiger partial charge < -0.3 is 4.74 Å². The summed E-state index contributed by atoms with van der Waals surface area (Å²) in [5.41, 5.74) is -0.416. The fraction of sp³-hybridized carbons (Fsp3) is 0.562. The Bertz CT molecular complexity index is 489. The van der Waals surface area contributed by atoms with E-state index in [0.717, 1.165) is 25.7 Å². The van der Waals surface area contributed by atoms with Gasteiger partial charge in [0, 0.05) is 5.92 Å². The van der Waals surface area contributed by atoms with Crippen LogP contribution in [0.4, 0.5) is 8.78 Å². The highest BCUT2D eigenvalue weighted by Gasteiger charge is 2.57. The fourth-order valence-corrected chi connectivity index (χ4v) is 3.84. The zero-order chi connectivity index (χ0) is 14.2. The predicted octanol–water partition coefficient (Wildman–Crippen LogP) is 3.90. The lowest BCUT2D eigenvalue weighted by Gasteiger charge is -2.36. The minimum absolute atomic E-state index is 0.111. The van der Waals surface area contributed by atoms with Gasteiger partial charge in [0.1, 0.15) is 5.60 Å². The molecule has 4 heteroatoms. The Hall–Kier alpha value is -1.45. The SMILES string of the molecule is O=C1OC(CC(F)F)(c2ccccc2)[C@H]2CCCC[C@@H]12. The van der Waals surface area contributed by atoms with Crippen LogP contribution in [0.1, 0.15) is 37.7 Å². The van der Waals surface area contributed by atoms with Gasteiger partial charge in [-0.15, -0.1) is 0 Å². The number of halogens is 2. The van der Waals surface area contributed by atoms with Crippen LogP contribution in [-0.2, 0) is 15.1 Å². The van der Waals surface area contributed by atoms with Crippen molar-refractivity contribution in [2.45, 2.75) is 44.1 Å². The molecule has 0 radical (unpaired) electrons. The van der Waals surface area contributed by atoms with E-state index >= 15 is 0 Å². The zero-order valence-corrected chi connectivity index (χ0v) is 11.2. The van der Waals surface area contributed by atoms with Gasteiger partial charge in [-0.2, -0.15) is 0 Å². The number of fused-ring (bicyclic) bond motifs is 1. The summed E-state index contributed by atoms with van der Waals surface area (Å²) in [5, 5.41) is 0. The molecule has 0 N–H and O–H groups in total. The summed E-state index contributed by atoms with van der Waals surface area (Å²) in [6.45, 7) is 0. The van der Waals surface area contributed by atoms with E-state index in [4.69, 9.17) is 4.74 Å². The van der Waals surface area contributed by atoms with Crippen molar-refractivity contribution in [1.29, 1.82) is 0 Å². The third-order valence-electron chi connectivity index (χ3n) is 4.67. The van der Waals surface area contributed by atoms with Crippen LogP contribution in [0.25, 0.3) is 0 Å². The molecule has 2 aliphatic rings. The minimum atomic E-state index is -2.48. The molecule has 20 heavy (non-hydrogen) atoms. The van der Waals surface area contributed by atoms with Crippen LogP contribution in [0.5, 0.6) is 0 Å². The molecule has 2 fully saturated rings. The zero-order valence-electron chi connectivity index (χ0n) is 11.2. The molecule has 1 unspecified atom stereocenters. The Morgan fingerprint density at radius 2 is 1.90 bits per heavy atom. The third kappa shape index (κ3) is 2.11. The maximum atomic E-state index is 13.1. The van der Waals surface area contributed by atoms with Gasteiger partial charge in [-0.3, -0.25) is 4.79 Å². The van der Waals surface area contributed by atoms with Crippen molar-refractivity contribution in [2.75, 3.05) is 0 Å². The van der Waals surface area contributed by atoms with E-state index < -0.39 is 18.4 Å². The maximum Gasteiger partial charge on any atom is 0.310 e. The van der Waals surface area contributed by atoms with E-state index in [9.17, 15) is 13.6 Å². The Labute approximate surface area is 117 Å². The molecule has 1 heterocycles. The second-order valence-corrected chi connectivity index (χ2v) is 5.77. The quantitative estimate of drug-likeness (QED) is 0.785. The number of benzene rings is 1. The van der Waals surface area contributed by atoms with Crippen LogP contribution in [0.2, 0.25) is 0 Å². The fourth-order valence-electron chi connectivity index (χ4n) is 3.84. The lowest BCUT2D eigenvalue weighted by atomic mass is 9.68. The van der Waals surface area contributed by atoms with Gasteiger partial charge in [-0.05, 0) is 18.4 Å². The number of hydrogen-bond donors (Lipinski definition) is 0. The Balaban J connectivity index is 2.04. The molecule has 1 aromatic carbocycles. The van der Waals surface area contributed by atoms with Gasteiger partial charge >= 0.3 is 5.97 Å². The standard InChI is InChI=1S/C16H18F2O2/c17-14(18)10-16(11-6-2-1-3-7-11)13-9-5-4-8-12(13)15(19)20-16/h1-3,6-7,12-14H,4-5,8-10H2/t12-,13+,16?/m1/s1. The average Bonchev–Trinajstić information content (AvgIpc) is 2.74. The van der Waals surface area contributed by atoms with Gasteiger partial charge in [-0.1, -0.05) is 43.2 Å². The second-order valence-electron chi connectivity index (χ2n) is 5.77. The largest absolute Gasteiger partial charge is 0.453 e. The van der Waals surface area contributed by atoms with E-state index in [1.807, 2.05) is 18.2 Å². The highest BCUT2D eigenvalue weighted by molar-refractivity contribution is 5.76. The number of alkyl halides is 2. The van der Waals surface area contributed by atoms with Crippen molar-refractivity contribution in [3.05, 3.63) is 35.9 Å². The molecule has 1 saturated heterocycles. The van der Waals surface area contributed by atoms with Crippen LogP contribution in [0.15, 0.2) is 30.3 Å². The topological polar surface area (TPSA) is 26.3 Å². The molecule has 1 aliphatic heterocycles. The van der Waals surface area contributed by atoms with E-state index in [1.165, 1.54) is 0 Å². The van der Waals surface area contributed by atoms with Crippen molar-refractivity contribution in [3.8, 4) is 0 Å². The van der Waals surface area contributed by atoms with Crippen molar-refractivity contribution in [2.24, 2.45) is 11.8 Å². The maximum absolute atomic E-state index is 13.1. The summed E-state index contributed by atoms with van der Waals surface area (Å²) in [6.07, 6.45) is 0.637. The molecular formula is C16H18F2O2. The average molecular weight is 280 g/mol. The number of carbonyl (C=O) groups is 1. The number of ether oxygens (including phenoxy) is 1. The van der Waals surface area contributed by atoms with Gasteiger partial charge in [0.05, 0.1) is 12.3 Å². The molecule has 3 rings (SSSR count). The molecular weight excluding hydrogens is 262 g/mol. The highest BCUT2D eigenvalue weighted by atomic mass is 19.3. The molecule has 0 amide bonds. The van der Waals surface area contributed by atoms with E-state index in [1.54, 1.807) is 12.1 Å². The van der Waals surface area contributed by atoms with E-state index in [2.05, 4.69) is 0 Å². The minimum Gasteiger partial charge on any atom is -0.453 e. The first kappa shape index (κ1) is 13.5. The Morgan fingerprint density at radius 1 is 1.20 bits per heavy atom. The van der Waals surface area contributed by atoms with Crippen LogP contribution in [-0.4, -0.2) is 12.4 Å². The number of cyclic esters (lactones) is 1. The number of esters is 1. The van der Waals surface area contributed by atoms with Crippen molar-refractivity contribution in [1.82, 2.24) is 0 Å². The monoisotopic (exact) mass is 280 g/mol. The summed E-state index contributed by atoms with van der Waals surface area (Å²) >= 11 is 0. The van der Waals surface area contributed by atoms with Gasteiger partial charge in [0.25, 0.3) is 0 Å². The van der Waals surface area contributed by atoms with E-state index in [0.29, 0.717) is 5.56 Å². The third-order valence-corrected chi connectivity index (χ3v) is 4.67. The van der Waals surface area contributed by atoms with Gasteiger partial charge in [-0.25, -0.2) is 8.78 Å². The van der Waals surface area contributed by atoms with Crippen LogP contribution >= 0.6 is 0 Å². The van der Waals surface area contributed by atoms with Crippen molar-refractivity contribution in [3.63, 3.8) is 0 Å². The van der Waals surface area contributed by atoms with Gasteiger partial charge in [0.15, 0.2) is 0 Å². The summed E-state index contributed by atoms with van der Waals surface area (Å²) in [5.74, 6) is -0.609. The normalized spacial score (nSPS) is 33.0. The van der Waals surface area contributed by atoms with Crippen LogP contribution < -0.4 is 0 Å². The highest BCUT2D eigenvalue weighted by Crippen LogP contribution is 2.53. The molecule has 2 nitrogen and oxygen atoms in total. The van der Waals surface area contributed by atoms with E-state index in [-0.39, 0.29) is 17.8 Å². The number of hydrogen-bond acceptors (Lipinski definition) is 2. The molecule has 108 valence electrons. The molecule has 1 aromatic rings. The van der Waals surface area contributed by atoms with Crippen molar-refractivity contribution >= 4 is 5.97 Å². The first-order chi connectivity index (χ1) is 9.63. The Kier molecular flexibility index (Phi) is 3.48. The smallest absolute Gasteiger partial charge is 0.310 e. The van der Waals surface area contributed by atoms with Crippen molar-refractivity contribution < 1.29 is 18.3 Å². The molecule has 0 spiro atoms. The summed E-state index contributed by atoms with van der Waals surface area (Å²) in [6, 6.07) is 9.06. The van der Waals surface area contributed by atoms with Crippen LogP contribution in [0.3, 0.4) is 0 Å². The molecule has 0 aromatic heterocycles. The lowest BCUT2D eigenvalue weighted by molar-refractivity contribution is -0.155. The molecule has 0 bridgehead atoms. The lowest BCUT2D eigenvalue weighted by Crippen LogP contribution is -2.37. The molecule has 1 saturated carbocycles. The predicted molar refractivity (Wildman–Crippen MR) is 70.3 cm³/mol. The second kappa shape index (κ2) is 5.15. The summed E-state index contributed by atoms with van der Waals surface area (Å²) in [4.78, 5) is 12.1. The molecule has 1 aliphatic carbocycles. The first-order valence-corrected chi connectivity index (χ1v) is 7.20. The summed E-state index contributed by atoms with van der Waals surface area (Å²) in [7, 11) is 0. The Morgan fingerprint density at radius 3 is 2.60 bits per heavy atom. The number of carbonyl (C=O) groups excluding carboxylic acids is 1. The summed E-state index contributed by atoms with van der Waals surface area (Å²) < 4.78 is 31.8.